The van der Waals surface area contributed by atoms with Crippen molar-refractivity contribution >= 4 is 19.2 Å². The molecule has 4 aromatic rings. The third kappa shape index (κ3) is 8.05. The normalized spacial score (nSPS) is 10.3. The first-order valence-corrected chi connectivity index (χ1v) is 13.2. The fraction of sp³-hybridized carbons (Fsp3) is 0.107. The van der Waals surface area contributed by atoms with Gasteiger partial charge in [-0.3, -0.25) is 14.9 Å². The summed E-state index contributed by atoms with van der Waals surface area (Å²) in [4.78, 5) is 21.1. The van der Waals surface area contributed by atoms with Crippen LogP contribution in [-0.2, 0) is 4.57 Å². The zero-order valence-electron chi connectivity index (χ0n) is 22.1. The number of pyridine rings is 1. The summed E-state index contributed by atoms with van der Waals surface area (Å²) < 4.78 is 36.8. The van der Waals surface area contributed by atoms with Gasteiger partial charge in [0.2, 0.25) is 0 Å². The Bertz CT molecular complexity index is 1550. The van der Waals surface area contributed by atoms with Crippen LogP contribution in [0.2, 0.25) is 0 Å². The van der Waals surface area contributed by atoms with Crippen molar-refractivity contribution in [2.75, 3.05) is 14.2 Å². The highest BCUT2D eigenvalue weighted by Crippen LogP contribution is 2.44. The average molecular weight is 577 g/mol. The van der Waals surface area contributed by atoms with E-state index in [0.717, 1.165) is 18.2 Å². The van der Waals surface area contributed by atoms with Crippen LogP contribution in [0.25, 0.3) is 0 Å². The molecule has 1 heterocycles. The molecular weight excluding hydrogens is 553 g/mol. The van der Waals surface area contributed by atoms with E-state index in [9.17, 15) is 24.6 Å². The number of carbonyl (C=O) groups is 1. The highest BCUT2D eigenvalue weighted by atomic mass is 31.2. The number of rotatable bonds is 9. The number of Topliss-reactive ketones (excluding diaryl/α,β-unsaturated/α-hetero) is 1. The van der Waals surface area contributed by atoms with Gasteiger partial charge in [0.15, 0.2) is 18.2 Å². The van der Waals surface area contributed by atoms with Crippen LogP contribution in [0.1, 0.15) is 22.8 Å². The van der Waals surface area contributed by atoms with Gasteiger partial charge in [-0.15, -0.1) is 5.75 Å². The lowest BCUT2D eigenvalue weighted by molar-refractivity contribution is -0.536. The van der Waals surface area contributed by atoms with E-state index in [4.69, 9.17) is 23.8 Å². The van der Waals surface area contributed by atoms with Gasteiger partial charge in [-0.2, -0.15) is 9.83 Å². The molecule has 0 saturated carbocycles. The summed E-state index contributed by atoms with van der Waals surface area (Å²) in [7, 11) is -0.778. The second-order valence-corrected chi connectivity index (χ2v) is 9.84. The van der Waals surface area contributed by atoms with Crippen molar-refractivity contribution in [3.05, 3.63) is 112 Å². The van der Waals surface area contributed by atoms with E-state index in [-0.39, 0.29) is 17.0 Å². The topological polar surface area (TPSA) is 165 Å². The Balaban J connectivity index is 0.000000322. The third-order valence-electron chi connectivity index (χ3n) is 5.35. The maximum Gasteiger partial charge on any atom is 0.728 e. The van der Waals surface area contributed by atoms with E-state index in [2.05, 4.69) is 0 Å². The minimum absolute atomic E-state index is 0.0980. The highest BCUT2D eigenvalue weighted by molar-refractivity contribution is 7.47. The number of hydrogen-bond acceptors (Lipinski definition) is 10. The van der Waals surface area contributed by atoms with Crippen molar-refractivity contribution in [3.8, 4) is 34.8 Å². The number of hydrogen-bond donors (Lipinski definition) is 0. The number of ether oxygens (including phenoxy) is 2. The first kappa shape index (κ1) is 30.1. The van der Waals surface area contributed by atoms with Crippen molar-refractivity contribution in [2.24, 2.45) is 0 Å². The standard InChI is InChI=1S/C21H21NO6P.C7H4N2O3/c1-16(23)17-12-14-22(15-13-17)29(24,27-20-8-4-18(25-2)5-9-20)28-21-10-6-19(26-3)7-11-21;8-4-5-3-6(10)1-2-7(5)9(11)12/h4-15H,1-3H3;1-3,10H/q+1;/p-1. The average Bonchev–Trinajstić information content (AvgIpc) is 2.98. The zero-order chi connectivity index (χ0) is 30.0. The number of aromatic nitrogens is 1. The van der Waals surface area contributed by atoms with E-state index in [1.165, 1.54) is 23.7 Å². The molecule has 0 saturated heterocycles. The Morgan fingerprint density at radius 2 is 1.32 bits per heavy atom. The van der Waals surface area contributed by atoms with Crippen molar-refractivity contribution in [2.45, 2.75) is 6.92 Å². The zero-order valence-corrected chi connectivity index (χ0v) is 23.0. The fourth-order valence-electron chi connectivity index (χ4n) is 3.23. The minimum atomic E-state index is -3.89. The number of nitro groups is 1. The lowest BCUT2D eigenvalue weighted by Crippen LogP contribution is -2.35. The molecule has 3 aromatic carbocycles. The van der Waals surface area contributed by atoms with Crippen LogP contribution in [0.15, 0.2) is 91.3 Å². The quantitative estimate of drug-likeness (QED) is 0.116. The van der Waals surface area contributed by atoms with Gasteiger partial charge in [0.1, 0.15) is 34.6 Å². The second-order valence-electron chi connectivity index (χ2n) is 8.07. The van der Waals surface area contributed by atoms with Crippen LogP contribution in [0.3, 0.4) is 0 Å². The summed E-state index contributed by atoms with van der Waals surface area (Å²) in [5.74, 6) is 1.45. The lowest BCUT2D eigenvalue weighted by atomic mass is 10.2. The summed E-state index contributed by atoms with van der Waals surface area (Å²) in [5, 5.41) is 29.3. The molecule has 4 rings (SSSR count). The van der Waals surface area contributed by atoms with E-state index < -0.39 is 18.4 Å². The molecule has 0 fully saturated rings. The Kier molecular flexibility index (Phi) is 10.00. The second kappa shape index (κ2) is 13.6. The molecule has 12 nitrogen and oxygen atoms in total. The van der Waals surface area contributed by atoms with Gasteiger partial charge < -0.3 is 23.6 Å². The van der Waals surface area contributed by atoms with Gasteiger partial charge in [-0.25, -0.2) is 0 Å². The van der Waals surface area contributed by atoms with Gasteiger partial charge >= 0.3 is 7.75 Å². The molecule has 0 amide bonds. The largest absolute Gasteiger partial charge is 0.872 e. The maximum absolute atomic E-state index is 13.7. The number of nitro benzene ring substituents is 1. The number of nitrogens with zero attached hydrogens (tertiary/aromatic N) is 3. The molecule has 0 N–H and O–H groups in total. The predicted octanol–water partition coefficient (Wildman–Crippen LogP) is 4.85. The first-order chi connectivity index (χ1) is 19.6. The molecule has 0 aliphatic carbocycles. The number of carbonyl (C=O) groups excluding carboxylic acids is 1. The summed E-state index contributed by atoms with van der Waals surface area (Å²) in [6.45, 7) is 1.46. The molecule has 41 heavy (non-hydrogen) atoms. The van der Waals surface area contributed by atoms with E-state index in [1.807, 2.05) is 0 Å². The first-order valence-electron chi connectivity index (χ1n) is 11.7. The Morgan fingerprint density at radius 1 is 0.854 bits per heavy atom. The van der Waals surface area contributed by atoms with Crippen LogP contribution in [0, 0.1) is 21.4 Å². The van der Waals surface area contributed by atoms with E-state index >= 15 is 0 Å². The fourth-order valence-corrected chi connectivity index (χ4v) is 4.70. The molecule has 0 radical (unpaired) electrons. The molecule has 0 unspecified atom stereocenters. The van der Waals surface area contributed by atoms with E-state index in [1.54, 1.807) is 81.0 Å². The van der Waals surface area contributed by atoms with Crippen LogP contribution in [0.4, 0.5) is 5.69 Å². The maximum atomic E-state index is 13.7. The summed E-state index contributed by atoms with van der Waals surface area (Å²) >= 11 is 0. The molecular formula is C28H24N3O9P. The monoisotopic (exact) mass is 577 g/mol. The minimum Gasteiger partial charge on any atom is -0.872 e. The summed E-state index contributed by atoms with van der Waals surface area (Å²) in [6.07, 6.45) is 2.98. The number of methoxy groups -OCH3 is 2. The molecule has 0 spiro atoms. The van der Waals surface area contributed by atoms with Gasteiger partial charge in [0.25, 0.3) is 5.69 Å². The Morgan fingerprint density at radius 3 is 1.71 bits per heavy atom. The van der Waals surface area contributed by atoms with Gasteiger partial charge in [0.05, 0.1) is 19.1 Å². The molecule has 0 aliphatic rings. The van der Waals surface area contributed by atoms with Crippen LogP contribution >= 0.6 is 7.75 Å². The molecule has 13 heteroatoms. The molecule has 0 bridgehead atoms. The Hall–Kier alpha value is -5.40. The Labute approximate surface area is 235 Å². The molecule has 0 aliphatic heterocycles. The molecule has 210 valence electrons. The summed E-state index contributed by atoms with van der Waals surface area (Å²) in [5.41, 5.74) is -0.0497. The predicted molar refractivity (Wildman–Crippen MR) is 144 cm³/mol. The third-order valence-corrected chi connectivity index (χ3v) is 7.06. The molecule has 0 atom stereocenters. The van der Waals surface area contributed by atoms with Crippen LogP contribution in [0.5, 0.6) is 28.7 Å². The number of benzene rings is 3. The molecule has 1 aromatic heterocycles. The van der Waals surface area contributed by atoms with E-state index in [0.29, 0.717) is 28.6 Å². The van der Waals surface area contributed by atoms with Crippen molar-refractivity contribution in [1.29, 1.82) is 5.26 Å². The number of nitriles is 1. The van der Waals surface area contributed by atoms with Gasteiger partial charge in [-0.1, -0.05) is 10.4 Å². The van der Waals surface area contributed by atoms with Crippen LogP contribution in [-0.4, -0.2) is 24.9 Å². The lowest BCUT2D eigenvalue weighted by Gasteiger charge is -2.14. The SMILES string of the molecule is COc1ccc(OP(=O)(Oc2ccc(OC)cc2)[n+]2ccc(C(C)=O)cc2)cc1.N#Cc1cc([O-])ccc1[N+](=O)[O-]. The van der Waals surface area contributed by atoms with Crippen LogP contribution < -0.4 is 28.0 Å². The van der Waals surface area contributed by atoms with Crippen molar-refractivity contribution < 1.29 is 42.2 Å². The highest BCUT2D eigenvalue weighted by Gasteiger charge is 2.42. The summed E-state index contributed by atoms with van der Waals surface area (Å²) in [6, 6.07) is 21.0. The van der Waals surface area contributed by atoms with Gasteiger partial charge in [0, 0.05) is 23.8 Å². The number of ketones is 1. The van der Waals surface area contributed by atoms with Crippen molar-refractivity contribution in [3.63, 3.8) is 0 Å². The van der Waals surface area contributed by atoms with Gasteiger partial charge in [-0.05, 0) is 61.5 Å². The smallest absolute Gasteiger partial charge is 0.728 e. The van der Waals surface area contributed by atoms with Crippen molar-refractivity contribution in [1.82, 2.24) is 0 Å².